The predicted molar refractivity (Wildman–Crippen MR) is 110 cm³/mol. The van der Waals surface area contributed by atoms with Crippen LogP contribution in [0.2, 0.25) is 0 Å². The molecule has 0 radical (unpaired) electrons. The average molecular weight is 412 g/mol. The molecule has 1 fully saturated rings. The number of carbonyl (C=O) groups excluding carboxylic acids is 1. The molecule has 1 atom stereocenters. The fraction of sp³-hybridized carbons (Fsp3) is 0.333. The lowest BCUT2D eigenvalue weighted by Crippen LogP contribution is -2.43. The molecule has 1 aromatic carbocycles. The Morgan fingerprint density at radius 2 is 1.97 bits per heavy atom. The molecule has 1 N–H and O–H groups in total. The number of nitrogens with zero attached hydrogens (tertiary/aromatic N) is 4. The zero-order valence-electron chi connectivity index (χ0n) is 15.9. The van der Waals surface area contributed by atoms with E-state index in [4.69, 9.17) is 0 Å². The van der Waals surface area contributed by atoms with Gasteiger partial charge in [0.2, 0.25) is 11.0 Å². The molecule has 3 aromatic rings. The molecule has 2 aromatic heterocycles. The van der Waals surface area contributed by atoms with Crippen molar-refractivity contribution in [1.82, 2.24) is 19.7 Å². The van der Waals surface area contributed by atoms with Gasteiger partial charge in [-0.25, -0.2) is 9.37 Å². The maximum atomic E-state index is 13.1. The van der Waals surface area contributed by atoms with Gasteiger partial charge in [0.25, 0.3) is 0 Å². The predicted octanol–water partition coefficient (Wildman–Crippen LogP) is 3.20. The SMILES string of the molecule is O=C(NCc1ccncc1)C1CCCN(c2nc(Cc3ccc(F)cc3)ns2)C1. The second-order valence-electron chi connectivity index (χ2n) is 7.15. The van der Waals surface area contributed by atoms with Crippen molar-refractivity contribution in [3.05, 3.63) is 71.6 Å². The maximum absolute atomic E-state index is 13.1. The first kappa shape index (κ1) is 19.4. The molecule has 1 aliphatic heterocycles. The lowest BCUT2D eigenvalue weighted by Gasteiger charge is -2.31. The van der Waals surface area contributed by atoms with Crippen LogP contribution in [0.5, 0.6) is 0 Å². The Hall–Kier alpha value is -2.87. The molecule has 0 saturated carbocycles. The van der Waals surface area contributed by atoms with Gasteiger partial charge in [-0.15, -0.1) is 0 Å². The first-order valence-electron chi connectivity index (χ1n) is 9.66. The van der Waals surface area contributed by atoms with Gasteiger partial charge in [0.1, 0.15) is 11.6 Å². The van der Waals surface area contributed by atoms with Gasteiger partial charge < -0.3 is 10.2 Å². The van der Waals surface area contributed by atoms with E-state index in [1.54, 1.807) is 24.5 Å². The third-order valence-electron chi connectivity index (χ3n) is 5.01. The van der Waals surface area contributed by atoms with E-state index in [1.807, 2.05) is 12.1 Å². The molecule has 1 unspecified atom stereocenters. The van der Waals surface area contributed by atoms with Gasteiger partial charge in [0.05, 0.1) is 5.92 Å². The second-order valence-corrected chi connectivity index (χ2v) is 7.89. The van der Waals surface area contributed by atoms with Crippen molar-refractivity contribution >= 4 is 22.6 Å². The summed E-state index contributed by atoms with van der Waals surface area (Å²) in [5.41, 5.74) is 2.01. The van der Waals surface area contributed by atoms with E-state index in [0.717, 1.165) is 41.5 Å². The van der Waals surface area contributed by atoms with Gasteiger partial charge in [0, 0.05) is 50.0 Å². The van der Waals surface area contributed by atoms with Crippen molar-refractivity contribution in [2.75, 3.05) is 18.0 Å². The van der Waals surface area contributed by atoms with Crippen LogP contribution in [0.3, 0.4) is 0 Å². The number of anilines is 1. The third-order valence-corrected chi connectivity index (χ3v) is 5.83. The molecule has 0 aliphatic carbocycles. The Balaban J connectivity index is 1.34. The normalized spacial score (nSPS) is 16.6. The minimum Gasteiger partial charge on any atom is -0.352 e. The quantitative estimate of drug-likeness (QED) is 0.675. The number of aromatic nitrogens is 3. The zero-order valence-corrected chi connectivity index (χ0v) is 16.7. The topological polar surface area (TPSA) is 71.0 Å². The first-order chi connectivity index (χ1) is 14.2. The number of rotatable bonds is 6. The summed E-state index contributed by atoms with van der Waals surface area (Å²) in [6.45, 7) is 2.03. The van der Waals surface area contributed by atoms with Gasteiger partial charge in [-0.1, -0.05) is 12.1 Å². The number of pyridine rings is 1. The summed E-state index contributed by atoms with van der Waals surface area (Å²) in [5.74, 6) is 0.487. The number of carbonyl (C=O) groups is 1. The Labute approximate surface area is 173 Å². The molecule has 1 aliphatic rings. The largest absolute Gasteiger partial charge is 0.352 e. The van der Waals surface area contributed by atoms with E-state index in [0.29, 0.717) is 19.5 Å². The molecule has 3 heterocycles. The lowest BCUT2D eigenvalue weighted by atomic mass is 9.97. The minimum atomic E-state index is -0.248. The number of hydrogen-bond acceptors (Lipinski definition) is 6. The lowest BCUT2D eigenvalue weighted by molar-refractivity contribution is -0.125. The number of amides is 1. The number of piperidine rings is 1. The van der Waals surface area contributed by atoms with Crippen LogP contribution in [0.4, 0.5) is 9.52 Å². The van der Waals surface area contributed by atoms with Crippen LogP contribution in [0.1, 0.15) is 29.8 Å². The van der Waals surface area contributed by atoms with Crippen LogP contribution in [0.25, 0.3) is 0 Å². The molecule has 1 saturated heterocycles. The summed E-state index contributed by atoms with van der Waals surface area (Å²) in [6.07, 6.45) is 5.84. The monoisotopic (exact) mass is 411 g/mol. The zero-order chi connectivity index (χ0) is 20.1. The fourth-order valence-electron chi connectivity index (χ4n) is 3.43. The molecule has 1 amide bonds. The second kappa shape index (κ2) is 9.09. The number of hydrogen-bond donors (Lipinski definition) is 1. The smallest absolute Gasteiger partial charge is 0.225 e. The van der Waals surface area contributed by atoms with Gasteiger partial charge in [-0.2, -0.15) is 4.37 Å². The summed E-state index contributed by atoms with van der Waals surface area (Å²) in [5, 5.41) is 3.87. The standard InChI is InChI=1S/C21H22FN5OS/c22-18-5-3-15(4-6-18)12-19-25-21(29-26-19)27-11-1-2-17(14-27)20(28)24-13-16-7-9-23-10-8-16/h3-10,17H,1-2,11-14H2,(H,24,28). The van der Waals surface area contributed by atoms with E-state index >= 15 is 0 Å². The van der Waals surface area contributed by atoms with Gasteiger partial charge in [-0.05, 0) is 48.2 Å². The molecule has 29 heavy (non-hydrogen) atoms. The van der Waals surface area contributed by atoms with E-state index in [2.05, 4.69) is 24.6 Å². The molecule has 8 heteroatoms. The van der Waals surface area contributed by atoms with Crippen LogP contribution < -0.4 is 10.2 Å². The summed E-state index contributed by atoms with van der Waals surface area (Å²) < 4.78 is 17.5. The maximum Gasteiger partial charge on any atom is 0.225 e. The molecule has 6 nitrogen and oxygen atoms in total. The van der Waals surface area contributed by atoms with Crippen LogP contribution >= 0.6 is 11.5 Å². The fourth-order valence-corrected chi connectivity index (χ4v) is 4.15. The number of nitrogens with one attached hydrogen (secondary N) is 1. The Morgan fingerprint density at radius 3 is 2.76 bits per heavy atom. The molecule has 0 bridgehead atoms. The van der Waals surface area contributed by atoms with Crippen LogP contribution in [-0.2, 0) is 17.8 Å². The van der Waals surface area contributed by atoms with Crippen LogP contribution in [-0.4, -0.2) is 33.3 Å². The molecule has 150 valence electrons. The van der Waals surface area contributed by atoms with Gasteiger partial charge in [-0.3, -0.25) is 9.78 Å². The highest BCUT2D eigenvalue weighted by Crippen LogP contribution is 2.25. The Bertz CT molecular complexity index is 947. The van der Waals surface area contributed by atoms with Crippen molar-refractivity contribution in [3.63, 3.8) is 0 Å². The van der Waals surface area contributed by atoms with Gasteiger partial charge in [0.15, 0.2) is 0 Å². The highest BCUT2D eigenvalue weighted by atomic mass is 32.1. The summed E-state index contributed by atoms with van der Waals surface area (Å²) in [4.78, 5) is 23.4. The van der Waals surface area contributed by atoms with Crippen LogP contribution in [0, 0.1) is 11.7 Å². The van der Waals surface area contributed by atoms with Crippen molar-refractivity contribution < 1.29 is 9.18 Å². The van der Waals surface area contributed by atoms with E-state index in [1.165, 1.54) is 23.7 Å². The van der Waals surface area contributed by atoms with Gasteiger partial charge >= 0.3 is 0 Å². The molecular formula is C21H22FN5OS. The number of benzene rings is 1. The highest BCUT2D eigenvalue weighted by Gasteiger charge is 2.27. The first-order valence-corrected chi connectivity index (χ1v) is 10.4. The van der Waals surface area contributed by atoms with Crippen molar-refractivity contribution in [3.8, 4) is 0 Å². The van der Waals surface area contributed by atoms with Crippen molar-refractivity contribution in [2.45, 2.75) is 25.8 Å². The van der Waals surface area contributed by atoms with Crippen molar-refractivity contribution in [2.24, 2.45) is 5.92 Å². The summed E-state index contributed by atoms with van der Waals surface area (Å²) in [7, 11) is 0. The molecule has 0 spiro atoms. The highest BCUT2D eigenvalue weighted by molar-refractivity contribution is 7.09. The summed E-state index contributed by atoms with van der Waals surface area (Å²) >= 11 is 1.35. The van der Waals surface area contributed by atoms with E-state index in [-0.39, 0.29) is 17.6 Å². The summed E-state index contributed by atoms with van der Waals surface area (Å²) in [6, 6.07) is 10.2. The number of halogens is 1. The van der Waals surface area contributed by atoms with Crippen LogP contribution in [0.15, 0.2) is 48.8 Å². The van der Waals surface area contributed by atoms with E-state index in [9.17, 15) is 9.18 Å². The van der Waals surface area contributed by atoms with Crippen molar-refractivity contribution in [1.29, 1.82) is 0 Å². The van der Waals surface area contributed by atoms with E-state index < -0.39 is 0 Å². The minimum absolute atomic E-state index is 0.0602. The molecular weight excluding hydrogens is 389 g/mol. The molecule has 4 rings (SSSR count). The Morgan fingerprint density at radius 1 is 1.17 bits per heavy atom. The third kappa shape index (κ3) is 5.14. The Kier molecular flexibility index (Phi) is 6.09. The average Bonchev–Trinajstić information content (AvgIpc) is 3.23.